The molecule has 0 spiro atoms. The molecule has 1 aliphatic heterocycles. The van der Waals surface area contributed by atoms with E-state index >= 15 is 0 Å². The van der Waals surface area contributed by atoms with Crippen LogP contribution in [0.4, 0.5) is 0 Å². The van der Waals surface area contributed by atoms with Gasteiger partial charge < -0.3 is 10.2 Å². The van der Waals surface area contributed by atoms with Crippen LogP contribution in [0.2, 0.25) is 0 Å². The van der Waals surface area contributed by atoms with Crippen molar-refractivity contribution in [2.45, 2.75) is 57.5 Å². The van der Waals surface area contributed by atoms with Gasteiger partial charge in [-0.25, -0.2) is 0 Å². The van der Waals surface area contributed by atoms with Gasteiger partial charge in [0.25, 0.3) is 0 Å². The van der Waals surface area contributed by atoms with Crippen molar-refractivity contribution in [2.24, 2.45) is 5.92 Å². The molecule has 0 amide bonds. The van der Waals surface area contributed by atoms with Crippen molar-refractivity contribution in [3.63, 3.8) is 0 Å². The Bertz CT molecular complexity index is 187. The van der Waals surface area contributed by atoms with Gasteiger partial charge in [-0.15, -0.1) is 0 Å². The number of rotatable bonds is 3. The summed E-state index contributed by atoms with van der Waals surface area (Å²) in [6, 6.07) is 1.49. The SMILES string of the molecule is C[C@H](NC1CCCN(C)C1)C1CCCC1. The first-order chi connectivity index (χ1) is 7.25. The largest absolute Gasteiger partial charge is 0.310 e. The van der Waals surface area contributed by atoms with Crippen LogP contribution in [-0.4, -0.2) is 37.1 Å². The summed E-state index contributed by atoms with van der Waals surface area (Å²) in [6.07, 6.45) is 8.57. The normalized spacial score (nSPS) is 32.0. The zero-order valence-corrected chi connectivity index (χ0v) is 10.3. The summed E-state index contributed by atoms with van der Waals surface area (Å²) < 4.78 is 0. The Hall–Kier alpha value is -0.0800. The average molecular weight is 210 g/mol. The van der Waals surface area contributed by atoms with Gasteiger partial charge in [-0.1, -0.05) is 12.8 Å². The predicted octanol–water partition coefficient (Wildman–Crippen LogP) is 2.25. The van der Waals surface area contributed by atoms with Crippen molar-refractivity contribution < 1.29 is 0 Å². The van der Waals surface area contributed by atoms with Crippen molar-refractivity contribution in [2.75, 3.05) is 20.1 Å². The van der Waals surface area contributed by atoms with Crippen molar-refractivity contribution >= 4 is 0 Å². The molecular weight excluding hydrogens is 184 g/mol. The number of hydrogen-bond donors (Lipinski definition) is 1. The standard InChI is InChI=1S/C13H26N2/c1-11(12-6-3-4-7-12)14-13-8-5-9-15(2)10-13/h11-14H,3-10H2,1-2H3/t11-,13?/m0/s1. The van der Waals surface area contributed by atoms with Crippen molar-refractivity contribution in [3.8, 4) is 0 Å². The Morgan fingerprint density at radius 1 is 1.13 bits per heavy atom. The molecule has 1 saturated carbocycles. The zero-order valence-electron chi connectivity index (χ0n) is 10.3. The van der Waals surface area contributed by atoms with Gasteiger partial charge in [-0.05, 0) is 52.1 Å². The molecule has 2 heteroatoms. The van der Waals surface area contributed by atoms with Crippen LogP contribution in [0.15, 0.2) is 0 Å². The maximum Gasteiger partial charge on any atom is 0.0197 e. The molecule has 0 radical (unpaired) electrons. The van der Waals surface area contributed by atoms with Gasteiger partial charge >= 0.3 is 0 Å². The summed E-state index contributed by atoms with van der Waals surface area (Å²) >= 11 is 0. The Balaban J connectivity index is 1.74. The van der Waals surface area contributed by atoms with Crippen LogP contribution in [0.5, 0.6) is 0 Å². The molecule has 0 aromatic carbocycles. The first-order valence-electron chi connectivity index (χ1n) is 6.70. The maximum absolute atomic E-state index is 3.85. The lowest BCUT2D eigenvalue weighted by Gasteiger charge is -2.34. The van der Waals surface area contributed by atoms with E-state index in [1.807, 2.05) is 0 Å². The molecule has 1 heterocycles. The van der Waals surface area contributed by atoms with E-state index in [2.05, 4.69) is 24.2 Å². The summed E-state index contributed by atoms with van der Waals surface area (Å²) in [5.41, 5.74) is 0. The molecule has 1 unspecified atom stereocenters. The maximum atomic E-state index is 3.85. The summed E-state index contributed by atoms with van der Waals surface area (Å²) in [6.45, 7) is 4.93. The second-order valence-electron chi connectivity index (χ2n) is 5.60. The lowest BCUT2D eigenvalue weighted by Crippen LogP contribution is -2.48. The van der Waals surface area contributed by atoms with Crippen LogP contribution >= 0.6 is 0 Å². The van der Waals surface area contributed by atoms with Gasteiger partial charge in [0.1, 0.15) is 0 Å². The molecule has 1 N–H and O–H groups in total. The van der Waals surface area contributed by atoms with Crippen LogP contribution in [0, 0.1) is 5.92 Å². The lowest BCUT2D eigenvalue weighted by atomic mass is 9.97. The first-order valence-corrected chi connectivity index (χ1v) is 6.70. The van der Waals surface area contributed by atoms with Gasteiger partial charge in [0.15, 0.2) is 0 Å². The van der Waals surface area contributed by atoms with Crippen LogP contribution in [0.1, 0.15) is 45.4 Å². The number of likely N-dealkylation sites (N-methyl/N-ethyl adjacent to an activating group) is 1. The van der Waals surface area contributed by atoms with E-state index in [1.165, 1.54) is 51.6 Å². The Morgan fingerprint density at radius 2 is 1.87 bits per heavy atom. The molecule has 1 saturated heterocycles. The van der Waals surface area contributed by atoms with Crippen LogP contribution in [-0.2, 0) is 0 Å². The van der Waals surface area contributed by atoms with E-state index in [0.29, 0.717) is 0 Å². The van der Waals surface area contributed by atoms with Crippen LogP contribution in [0.3, 0.4) is 0 Å². The molecule has 2 rings (SSSR count). The molecule has 2 fully saturated rings. The topological polar surface area (TPSA) is 15.3 Å². The second kappa shape index (κ2) is 5.31. The number of piperidine rings is 1. The molecule has 15 heavy (non-hydrogen) atoms. The van der Waals surface area contributed by atoms with Crippen LogP contribution in [0.25, 0.3) is 0 Å². The highest BCUT2D eigenvalue weighted by atomic mass is 15.1. The average Bonchev–Trinajstić information content (AvgIpc) is 2.70. The molecule has 0 bridgehead atoms. The van der Waals surface area contributed by atoms with E-state index < -0.39 is 0 Å². The molecule has 0 aromatic heterocycles. The lowest BCUT2D eigenvalue weighted by molar-refractivity contribution is 0.205. The van der Waals surface area contributed by atoms with E-state index in [-0.39, 0.29) is 0 Å². The minimum absolute atomic E-state index is 0.740. The third-order valence-corrected chi connectivity index (χ3v) is 4.23. The third-order valence-electron chi connectivity index (χ3n) is 4.23. The summed E-state index contributed by atoms with van der Waals surface area (Å²) in [5.74, 6) is 0.956. The van der Waals surface area contributed by atoms with E-state index in [9.17, 15) is 0 Å². The minimum atomic E-state index is 0.740. The fourth-order valence-electron chi connectivity index (χ4n) is 3.27. The van der Waals surface area contributed by atoms with Gasteiger partial charge in [0.05, 0.1) is 0 Å². The van der Waals surface area contributed by atoms with Crippen molar-refractivity contribution in [3.05, 3.63) is 0 Å². The fourth-order valence-corrected chi connectivity index (χ4v) is 3.27. The molecule has 2 aliphatic rings. The highest BCUT2D eigenvalue weighted by Gasteiger charge is 2.25. The van der Waals surface area contributed by atoms with Gasteiger partial charge in [0, 0.05) is 18.6 Å². The molecule has 0 aromatic rings. The third kappa shape index (κ3) is 3.18. The van der Waals surface area contributed by atoms with E-state index in [0.717, 1.165) is 18.0 Å². The minimum Gasteiger partial charge on any atom is -0.310 e. The Kier molecular flexibility index (Phi) is 4.04. The summed E-state index contributed by atoms with van der Waals surface area (Å²) in [4.78, 5) is 2.46. The highest BCUT2D eigenvalue weighted by Crippen LogP contribution is 2.28. The fraction of sp³-hybridized carbons (Fsp3) is 1.00. The Morgan fingerprint density at radius 3 is 2.53 bits per heavy atom. The number of hydrogen-bond acceptors (Lipinski definition) is 2. The number of likely N-dealkylation sites (tertiary alicyclic amines) is 1. The highest BCUT2D eigenvalue weighted by molar-refractivity contribution is 4.83. The molecule has 2 nitrogen and oxygen atoms in total. The van der Waals surface area contributed by atoms with Gasteiger partial charge in [-0.3, -0.25) is 0 Å². The zero-order chi connectivity index (χ0) is 10.7. The number of nitrogens with one attached hydrogen (secondary N) is 1. The summed E-state index contributed by atoms with van der Waals surface area (Å²) in [5, 5.41) is 3.85. The van der Waals surface area contributed by atoms with Crippen molar-refractivity contribution in [1.82, 2.24) is 10.2 Å². The second-order valence-corrected chi connectivity index (χ2v) is 5.60. The Labute approximate surface area is 94.4 Å². The smallest absolute Gasteiger partial charge is 0.0197 e. The van der Waals surface area contributed by atoms with Crippen molar-refractivity contribution in [1.29, 1.82) is 0 Å². The molecular formula is C13H26N2. The predicted molar refractivity (Wildman–Crippen MR) is 65.1 cm³/mol. The van der Waals surface area contributed by atoms with Gasteiger partial charge in [-0.2, -0.15) is 0 Å². The first kappa shape index (κ1) is 11.4. The summed E-state index contributed by atoms with van der Waals surface area (Å²) in [7, 11) is 2.24. The van der Waals surface area contributed by atoms with Gasteiger partial charge in [0.2, 0.25) is 0 Å². The molecule has 88 valence electrons. The molecule has 1 aliphatic carbocycles. The monoisotopic (exact) mass is 210 g/mol. The van der Waals surface area contributed by atoms with Crippen LogP contribution < -0.4 is 5.32 Å². The van der Waals surface area contributed by atoms with E-state index in [1.54, 1.807) is 0 Å². The number of nitrogens with zero attached hydrogens (tertiary/aromatic N) is 1. The van der Waals surface area contributed by atoms with E-state index in [4.69, 9.17) is 0 Å². The quantitative estimate of drug-likeness (QED) is 0.768. The molecule has 2 atom stereocenters.